The highest BCUT2D eigenvalue weighted by Crippen LogP contribution is 2.33. The number of hydrogen-bond acceptors (Lipinski definition) is 4. The summed E-state index contributed by atoms with van der Waals surface area (Å²) in [6.45, 7) is 0. The van der Waals surface area contributed by atoms with Gasteiger partial charge in [0.25, 0.3) is 0 Å². The van der Waals surface area contributed by atoms with Crippen LogP contribution in [0.25, 0.3) is 0 Å². The molecular weight excluding hydrogens is 328 g/mol. The fourth-order valence-corrected chi connectivity index (χ4v) is 3.18. The standard InChI is InChI=1S/C19H19ClO4/c20-18-6-3-13(19-10-16(23)9-17(11-21)24-19)8-14(18)7-12-1-4-15(22)5-2-12/h1-6,8,11,16-17,19,22-23H,7,9-10H2. The monoisotopic (exact) mass is 346 g/mol. The number of aliphatic hydroxyl groups is 1. The van der Waals surface area contributed by atoms with Gasteiger partial charge in [-0.25, -0.2) is 0 Å². The van der Waals surface area contributed by atoms with Crippen LogP contribution < -0.4 is 0 Å². The van der Waals surface area contributed by atoms with E-state index in [1.54, 1.807) is 12.1 Å². The number of rotatable bonds is 4. The molecule has 2 N–H and O–H groups in total. The Kier molecular flexibility index (Phi) is 5.19. The van der Waals surface area contributed by atoms with Gasteiger partial charge in [0, 0.05) is 17.9 Å². The highest BCUT2D eigenvalue weighted by atomic mass is 35.5. The van der Waals surface area contributed by atoms with E-state index in [-0.39, 0.29) is 11.9 Å². The van der Waals surface area contributed by atoms with E-state index in [2.05, 4.69) is 0 Å². The summed E-state index contributed by atoms with van der Waals surface area (Å²) in [7, 11) is 0. The minimum atomic E-state index is -0.574. The van der Waals surface area contributed by atoms with Crippen molar-refractivity contribution in [2.75, 3.05) is 0 Å². The molecule has 3 rings (SSSR count). The summed E-state index contributed by atoms with van der Waals surface area (Å²) in [4.78, 5) is 11.0. The maximum atomic E-state index is 11.0. The van der Waals surface area contributed by atoms with E-state index < -0.39 is 12.2 Å². The fraction of sp³-hybridized carbons (Fsp3) is 0.316. The number of hydrogen-bond donors (Lipinski definition) is 2. The Labute approximate surface area is 145 Å². The molecule has 3 unspecified atom stereocenters. The lowest BCUT2D eigenvalue weighted by Crippen LogP contribution is -2.32. The number of phenolic OH excluding ortho intramolecular Hbond substituents is 1. The molecule has 0 spiro atoms. The van der Waals surface area contributed by atoms with Crippen LogP contribution in [0.15, 0.2) is 42.5 Å². The molecule has 1 fully saturated rings. The third-order valence-electron chi connectivity index (χ3n) is 4.25. The Hall–Kier alpha value is -1.88. The molecule has 4 nitrogen and oxygen atoms in total. The van der Waals surface area contributed by atoms with Gasteiger partial charge >= 0.3 is 0 Å². The van der Waals surface area contributed by atoms with Crippen LogP contribution in [0.5, 0.6) is 5.75 Å². The second kappa shape index (κ2) is 7.34. The molecule has 3 atom stereocenters. The summed E-state index contributed by atoms with van der Waals surface area (Å²) >= 11 is 6.31. The zero-order valence-electron chi connectivity index (χ0n) is 13.1. The molecule has 0 amide bonds. The molecule has 2 aromatic rings. The summed E-state index contributed by atoms with van der Waals surface area (Å²) in [5.74, 6) is 0.225. The number of aromatic hydroxyl groups is 1. The quantitative estimate of drug-likeness (QED) is 0.832. The lowest BCUT2D eigenvalue weighted by atomic mass is 9.94. The minimum absolute atomic E-state index is 0.225. The molecule has 126 valence electrons. The van der Waals surface area contributed by atoms with E-state index >= 15 is 0 Å². The number of phenols is 1. The summed E-state index contributed by atoms with van der Waals surface area (Å²) < 4.78 is 5.75. The molecule has 0 aromatic heterocycles. The SMILES string of the molecule is O=CC1CC(O)CC(c2ccc(Cl)c(Cc3ccc(O)cc3)c2)O1. The zero-order valence-corrected chi connectivity index (χ0v) is 13.8. The second-order valence-electron chi connectivity index (χ2n) is 6.12. The molecule has 0 saturated carbocycles. The van der Waals surface area contributed by atoms with Crippen LogP contribution in [0, 0.1) is 0 Å². The van der Waals surface area contributed by atoms with Crippen molar-refractivity contribution in [3.05, 3.63) is 64.2 Å². The fourth-order valence-electron chi connectivity index (χ4n) is 3.00. The maximum Gasteiger partial charge on any atom is 0.148 e. The van der Waals surface area contributed by atoms with Crippen molar-refractivity contribution in [1.82, 2.24) is 0 Å². The number of carbonyl (C=O) groups is 1. The molecule has 0 aliphatic carbocycles. The van der Waals surface area contributed by atoms with Gasteiger partial charge in [-0.15, -0.1) is 0 Å². The van der Waals surface area contributed by atoms with Crippen molar-refractivity contribution in [1.29, 1.82) is 0 Å². The highest BCUT2D eigenvalue weighted by molar-refractivity contribution is 6.31. The molecule has 0 radical (unpaired) electrons. The Morgan fingerprint density at radius 1 is 1.17 bits per heavy atom. The number of benzene rings is 2. The van der Waals surface area contributed by atoms with Gasteiger partial charge in [0.05, 0.1) is 12.2 Å². The molecule has 0 bridgehead atoms. The number of ether oxygens (including phenoxy) is 1. The number of halogens is 1. The topological polar surface area (TPSA) is 66.8 Å². The average Bonchev–Trinajstić information content (AvgIpc) is 2.58. The predicted octanol–water partition coefficient (Wildman–Crippen LogP) is 3.42. The molecular formula is C19H19ClO4. The first kappa shape index (κ1) is 17.0. The van der Waals surface area contributed by atoms with E-state index in [1.807, 2.05) is 30.3 Å². The molecule has 24 heavy (non-hydrogen) atoms. The molecule has 2 aromatic carbocycles. The number of aldehydes is 1. The first-order valence-corrected chi connectivity index (χ1v) is 8.28. The van der Waals surface area contributed by atoms with E-state index in [4.69, 9.17) is 16.3 Å². The Morgan fingerprint density at radius 2 is 1.92 bits per heavy atom. The molecule has 1 saturated heterocycles. The van der Waals surface area contributed by atoms with Gasteiger partial charge in [-0.05, 0) is 41.3 Å². The average molecular weight is 347 g/mol. The minimum Gasteiger partial charge on any atom is -0.508 e. The van der Waals surface area contributed by atoms with Crippen molar-refractivity contribution in [2.24, 2.45) is 0 Å². The summed E-state index contributed by atoms with van der Waals surface area (Å²) in [5, 5.41) is 20.0. The lowest BCUT2D eigenvalue weighted by Gasteiger charge is -2.31. The number of aliphatic hydroxyl groups excluding tert-OH is 1. The predicted molar refractivity (Wildman–Crippen MR) is 91.3 cm³/mol. The maximum absolute atomic E-state index is 11.0. The van der Waals surface area contributed by atoms with Gasteiger partial charge < -0.3 is 19.7 Å². The van der Waals surface area contributed by atoms with Crippen molar-refractivity contribution >= 4 is 17.9 Å². The van der Waals surface area contributed by atoms with Crippen LogP contribution in [0.4, 0.5) is 0 Å². The zero-order chi connectivity index (χ0) is 17.1. The van der Waals surface area contributed by atoms with Gasteiger partial charge in [0.15, 0.2) is 0 Å². The smallest absolute Gasteiger partial charge is 0.148 e. The third-order valence-corrected chi connectivity index (χ3v) is 4.62. The van der Waals surface area contributed by atoms with E-state index in [9.17, 15) is 15.0 Å². The van der Waals surface area contributed by atoms with Gasteiger partial charge in [-0.1, -0.05) is 35.9 Å². The lowest BCUT2D eigenvalue weighted by molar-refractivity contribution is -0.135. The first-order chi connectivity index (χ1) is 11.5. The van der Waals surface area contributed by atoms with Crippen molar-refractivity contribution in [2.45, 2.75) is 37.6 Å². The van der Waals surface area contributed by atoms with Crippen LogP contribution in [-0.2, 0) is 16.0 Å². The van der Waals surface area contributed by atoms with Gasteiger partial charge in [0.1, 0.15) is 18.1 Å². The Balaban J connectivity index is 1.83. The van der Waals surface area contributed by atoms with Gasteiger partial charge in [-0.2, -0.15) is 0 Å². The van der Waals surface area contributed by atoms with Crippen molar-refractivity contribution in [3.8, 4) is 5.75 Å². The highest BCUT2D eigenvalue weighted by Gasteiger charge is 2.29. The summed E-state index contributed by atoms with van der Waals surface area (Å²) in [6, 6.07) is 12.6. The van der Waals surface area contributed by atoms with Gasteiger partial charge in [0.2, 0.25) is 0 Å². The van der Waals surface area contributed by atoms with Gasteiger partial charge in [-0.3, -0.25) is 0 Å². The van der Waals surface area contributed by atoms with Crippen LogP contribution >= 0.6 is 11.6 Å². The van der Waals surface area contributed by atoms with E-state index in [0.717, 1.165) is 23.0 Å². The van der Waals surface area contributed by atoms with Crippen LogP contribution in [0.3, 0.4) is 0 Å². The van der Waals surface area contributed by atoms with Crippen molar-refractivity contribution < 1.29 is 19.7 Å². The van der Waals surface area contributed by atoms with Crippen molar-refractivity contribution in [3.63, 3.8) is 0 Å². The Morgan fingerprint density at radius 3 is 2.62 bits per heavy atom. The number of carbonyl (C=O) groups excluding carboxylic acids is 1. The van der Waals surface area contributed by atoms with E-state index in [1.165, 1.54) is 0 Å². The molecule has 1 aliphatic heterocycles. The second-order valence-corrected chi connectivity index (χ2v) is 6.53. The largest absolute Gasteiger partial charge is 0.508 e. The molecule has 1 aliphatic rings. The van der Waals surface area contributed by atoms with Crippen LogP contribution in [-0.4, -0.2) is 28.7 Å². The third kappa shape index (κ3) is 3.96. The van der Waals surface area contributed by atoms with Crippen LogP contribution in [0.1, 0.15) is 35.6 Å². The first-order valence-electron chi connectivity index (χ1n) is 7.90. The molecule has 1 heterocycles. The Bertz CT molecular complexity index is 714. The summed E-state index contributed by atoms with van der Waals surface area (Å²) in [6.07, 6.45) is 0.727. The summed E-state index contributed by atoms with van der Waals surface area (Å²) in [5.41, 5.74) is 2.87. The van der Waals surface area contributed by atoms with E-state index in [0.29, 0.717) is 24.3 Å². The molecule has 5 heteroatoms. The van der Waals surface area contributed by atoms with Crippen LogP contribution in [0.2, 0.25) is 5.02 Å². The normalized spacial score (nSPS) is 23.8.